The van der Waals surface area contributed by atoms with Crippen LogP contribution >= 0.6 is 35.9 Å². The van der Waals surface area contributed by atoms with Crippen LogP contribution in [0, 0.1) is 5.41 Å². The van der Waals surface area contributed by atoms with Crippen LogP contribution in [0.5, 0.6) is 5.75 Å². The Morgan fingerprint density at radius 3 is 2.54 bits per heavy atom. The SMILES string of the molecule is CC(C)(C)CCOc1cccc(-c2sc(N)nc2-c2ccccc2C(F)(F)CCCCSNc2cccc(S)c2)c1. The lowest BCUT2D eigenvalue weighted by Crippen LogP contribution is -2.15. The van der Waals surface area contributed by atoms with E-state index in [1.165, 1.54) is 29.4 Å². The summed E-state index contributed by atoms with van der Waals surface area (Å²) in [7, 11) is 0. The molecule has 3 N–H and O–H groups in total. The van der Waals surface area contributed by atoms with Crippen molar-refractivity contribution in [3.05, 3.63) is 78.4 Å². The van der Waals surface area contributed by atoms with E-state index in [2.05, 4.69) is 43.1 Å². The molecule has 0 bridgehead atoms. The largest absolute Gasteiger partial charge is 0.494 e. The number of thiazole rings is 1. The summed E-state index contributed by atoms with van der Waals surface area (Å²) in [4.78, 5) is 6.14. The Hall–Kier alpha value is -2.75. The van der Waals surface area contributed by atoms with Gasteiger partial charge < -0.3 is 15.2 Å². The van der Waals surface area contributed by atoms with Crippen LogP contribution < -0.4 is 15.2 Å². The van der Waals surface area contributed by atoms with Gasteiger partial charge in [0.25, 0.3) is 5.92 Å². The van der Waals surface area contributed by atoms with Crippen molar-refractivity contribution >= 4 is 46.7 Å². The van der Waals surface area contributed by atoms with E-state index in [1.54, 1.807) is 18.2 Å². The van der Waals surface area contributed by atoms with Gasteiger partial charge in [-0.05, 0) is 60.6 Å². The lowest BCUT2D eigenvalue weighted by atomic mass is 9.93. The average molecular weight is 614 g/mol. The van der Waals surface area contributed by atoms with Crippen molar-refractivity contribution in [1.82, 2.24) is 4.98 Å². The molecule has 41 heavy (non-hydrogen) atoms. The van der Waals surface area contributed by atoms with Crippen molar-refractivity contribution in [2.75, 3.05) is 22.8 Å². The van der Waals surface area contributed by atoms with E-state index in [4.69, 9.17) is 10.5 Å². The number of anilines is 2. The summed E-state index contributed by atoms with van der Waals surface area (Å²) in [6.07, 6.45) is 1.72. The molecule has 9 heteroatoms. The van der Waals surface area contributed by atoms with Crippen LogP contribution in [0.2, 0.25) is 0 Å². The van der Waals surface area contributed by atoms with Crippen LogP contribution in [0.3, 0.4) is 0 Å². The predicted octanol–water partition coefficient (Wildman–Crippen LogP) is 10.2. The van der Waals surface area contributed by atoms with Crippen molar-refractivity contribution in [2.45, 2.75) is 57.3 Å². The topological polar surface area (TPSA) is 60.2 Å². The summed E-state index contributed by atoms with van der Waals surface area (Å²) in [6, 6.07) is 22.0. The molecule has 0 aliphatic carbocycles. The van der Waals surface area contributed by atoms with Crippen molar-refractivity contribution in [2.24, 2.45) is 5.41 Å². The first-order valence-electron chi connectivity index (χ1n) is 13.7. The minimum atomic E-state index is -3.01. The Balaban J connectivity index is 1.45. The molecule has 4 aromatic rings. The van der Waals surface area contributed by atoms with E-state index < -0.39 is 5.92 Å². The number of halogens is 2. The quantitative estimate of drug-likeness (QED) is 0.0796. The minimum absolute atomic E-state index is 0.0273. The first kappa shape index (κ1) is 31.2. The first-order chi connectivity index (χ1) is 19.5. The van der Waals surface area contributed by atoms with Gasteiger partial charge in [0.15, 0.2) is 5.13 Å². The van der Waals surface area contributed by atoms with Gasteiger partial charge in [-0.2, -0.15) is 0 Å². The summed E-state index contributed by atoms with van der Waals surface area (Å²) >= 11 is 7.14. The molecule has 0 saturated carbocycles. The Morgan fingerprint density at radius 2 is 1.76 bits per heavy atom. The number of thiol groups is 1. The molecule has 0 fully saturated rings. The monoisotopic (exact) mass is 613 g/mol. The van der Waals surface area contributed by atoms with Gasteiger partial charge in [-0.3, -0.25) is 0 Å². The molecule has 218 valence electrons. The van der Waals surface area contributed by atoms with E-state index in [1.807, 2.05) is 48.5 Å². The lowest BCUT2D eigenvalue weighted by molar-refractivity contribution is -0.0147. The van der Waals surface area contributed by atoms with Gasteiger partial charge in [-0.1, -0.05) is 86.5 Å². The zero-order valence-electron chi connectivity index (χ0n) is 23.6. The Labute approximate surface area is 255 Å². The Kier molecular flexibility index (Phi) is 10.6. The number of nitrogens with two attached hydrogens (primary N) is 1. The third kappa shape index (κ3) is 9.12. The highest BCUT2D eigenvalue weighted by molar-refractivity contribution is 8.00. The predicted molar refractivity (Wildman–Crippen MR) is 174 cm³/mol. The number of aromatic nitrogens is 1. The van der Waals surface area contributed by atoms with E-state index in [0.717, 1.165) is 38.9 Å². The third-order valence-electron chi connectivity index (χ3n) is 6.46. The number of nitrogens with zero attached hydrogens (tertiary/aromatic N) is 1. The average Bonchev–Trinajstić information content (AvgIpc) is 3.32. The summed E-state index contributed by atoms with van der Waals surface area (Å²) in [6.45, 7) is 7.12. The van der Waals surface area contributed by atoms with Crippen LogP contribution in [0.15, 0.2) is 77.7 Å². The molecular weight excluding hydrogens is 577 g/mol. The fourth-order valence-electron chi connectivity index (χ4n) is 4.29. The van der Waals surface area contributed by atoms with Crippen LogP contribution in [0.1, 0.15) is 52.0 Å². The van der Waals surface area contributed by atoms with E-state index in [0.29, 0.717) is 35.8 Å². The number of benzene rings is 3. The molecule has 0 aliphatic rings. The molecule has 4 rings (SSSR count). The third-order valence-corrected chi connectivity index (χ3v) is 8.54. The highest BCUT2D eigenvalue weighted by Crippen LogP contribution is 2.45. The van der Waals surface area contributed by atoms with Gasteiger partial charge in [0.2, 0.25) is 0 Å². The number of hydrogen-bond acceptors (Lipinski definition) is 7. The van der Waals surface area contributed by atoms with Gasteiger partial charge in [-0.25, -0.2) is 13.8 Å². The summed E-state index contributed by atoms with van der Waals surface area (Å²) in [5, 5.41) is 0.333. The molecule has 0 atom stereocenters. The van der Waals surface area contributed by atoms with Crippen LogP contribution in [-0.4, -0.2) is 17.3 Å². The highest BCUT2D eigenvalue weighted by atomic mass is 32.2. The molecule has 0 spiro atoms. The highest BCUT2D eigenvalue weighted by Gasteiger charge is 2.34. The number of rotatable bonds is 13. The first-order valence-corrected chi connectivity index (χ1v) is 15.9. The maximum atomic E-state index is 15.7. The van der Waals surface area contributed by atoms with Gasteiger partial charge in [0, 0.05) is 33.9 Å². The van der Waals surface area contributed by atoms with Gasteiger partial charge in [-0.15, -0.1) is 12.6 Å². The molecular formula is C32H37F2N3OS3. The van der Waals surface area contributed by atoms with E-state index >= 15 is 8.78 Å². The molecule has 0 radical (unpaired) electrons. The Bertz CT molecular complexity index is 1440. The summed E-state index contributed by atoms with van der Waals surface area (Å²) in [5.74, 6) is -1.56. The number of nitrogen functional groups attached to an aromatic ring is 1. The molecule has 0 aliphatic heterocycles. The van der Waals surface area contributed by atoms with Crippen molar-refractivity contribution in [3.63, 3.8) is 0 Å². The van der Waals surface area contributed by atoms with Gasteiger partial charge >= 0.3 is 0 Å². The van der Waals surface area contributed by atoms with Crippen LogP contribution in [0.25, 0.3) is 21.7 Å². The number of alkyl halides is 2. The van der Waals surface area contributed by atoms with Crippen LogP contribution in [-0.2, 0) is 5.92 Å². The maximum absolute atomic E-state index is 15.7. The standard InChI is InChI=1S/C32H37F2N3OS3/c1-31(2,3)17-18-38-24-12-8-10-22(20-24)29-28(36-30(35)41-29)26-14-4-5-15-27(26)32(33,34)16-6-7-19-40-37-23-11-9-13-25(39)21-23/h4-5,8-15,20-21,37,39H,6-7,16-19H2,1-3H3,(H2,35,36). The zero-order valence-corrected chi connectivity index (χ0v) is 26.2. The number of nitrogens with one attached hydrogen (secondary N) is 1. The number of hydrogen-bond donors (Lipinski definition) is 3. The molecule has 1 heterocycles. The number of unbranched alkanes of at least 4 members (excludes halogenated alkanes) is 1. The molecule has 1 aromatic heterocycles. The molecule has 0 unspecified atom stereocenters. The lowest BCUT2D eigenvalue weighted by Gasteiger charge is -2.20. The second-order valence-electron chi connectivity index (χ2n) is 11.1. The minimum Gasteiger partial charge on any atom is -0.494 e. The normalized spacial score (nSPS) is 12.0. The van der Waals surface area contributed by atoms with Crippen molar-refractivity contribution < 1.29 is 13.5 Å². The van der Waals surface area contributed by atoms with Crippen molar-refractivity contribution in [3.8, 4) is 27.4 Å². The maximum Gasteiger partial charge on any atom is 0.273 e. The second kappa shape index (κ2) is 13.9. The number of ether oxygens (including phenoxy) is 1. The molecule has 4 nitrogen and oxygen atoms in total. The van der Waals surface area contributed by atoms with Crippen LogP contribution in [0.4, 0.5) is 19.6 Å². The smallest absolute Gasteiger partial charge is 0.273 e. The molecule has 0 saturated heterocycles. The van der Waals surface area contributed by atoms with E-state index in [-0.39, 0.29) is 17.4 Å². The Morgan fingerprint density at radius 1 is 0.976 bits per heavy atom. The molecule has 3 aromatic carbocycles. The van der Waals surface area contributed by atoms with Crippen molar-refractivity contribution in [1.29, 1.82) is 0 Å². The summed E-state index contributed by atoms with van der Waals surface area (Å²) in [5.41, 5.74) is 8.94. The fourth-order valence-corrected chi connectivity index (χ4v) is 6.10. The zero-order chi connectivity index (χ0) is 29.5. The molecule has 0 amide bonds. The van der Waals surface area contributed by atoms with Gasteiger partial charge in [0.05, 0.1) is 17.2 Å². The van der Waals surface area contributed by atoms with E-state index in [9.17, 15) is 0 Å². The van der Waals surface area contributed by atoms with Gasteiger partial charge in [0.1, 0.15) is 5.75 Å². The second-order valence-corrected chi connectivity index (χ2v) is 13.6. The summed E-state index contributed by atoms with van der Waals surface area (Å²) < 4.78 is 40.6. The fraction of sp³-hybridized carbons (Fsp3) is 0.344.